The Morgan fingerprint density at radius 2 is 2.25 bits per heavy atom. The lowest BCUT2D eigenvalue weighted by molar-refractivity contribution is 0.516. The van der Waals surface area contributed by atoms with Gasteiger partial charge in [0.25, 0.3) is 0 Å². The third-order valence-electron chi connectivity index (χ3n) is 2.56. The van der Waals surface area contributed by atoms with Crippen molar-refractivity contribution in [2.45, 2.75) is 20.3 Å². The topological polar surface area (TPSA) is 0 Å². The minimum Gasteiger partial charge on any atom is -0.0770 e. The molecule has 0 spiro atoms. The predicted octanol–water partition coefficient (Wildman–Crippen LogP) is 2.22. The molecule has 0 saturated heterocycles. The van der Waals surface area contributed by atoms with E-state index in [1.807, 2.05) is 0 Å². The summed E-state index contributed by atoms with van der Waals surface area (Å²) in [4.78, 5) is 0. The van der Waals surface area contributed by atoms with Gasteiger partial charge in [-0.2, -0.15) is 0 Å². The summed E-state index contributed by atoms with van der Waals surface area (Å²) in [7, 11) is 0. The van der Waals surface area contributed by atoms with E-state index in [4.69, 9.17) is 0 Å². The van der Waals surface area contributed by atoms with Crippen LogP contribution in [0.1, 0.15) is 20.3 Å². The van der Waals surface area contributed by atoms with Crippen LogP contribution in [0, 0.1) is 17.8 Å². The van der Waals surface area contributed by atoms with Crippen molar-refractivity contribution < 1.29 is 0 Å². The highest BCUT2D eigenvalue weighted by molar-refractivity contribution is 5.36. The molecule has 44 valence electrons. The van der Waals surface area contributed by atoms with Gasteiger partial charge in [0, 0.05) is 5.92 Å². The fourth-order valence-corrected chi connectivity index (χ4v) is 1.99. The predicted molar refractivity (Wildman–Crippen MR) is 34.5 cm³/mol. The van der Waals surface area contributed by atoms with E-state index in [9.17, 15) is 0 Å². The molecule has 0 radical (unpaired) electrons. The first-order chi connectivity index (χ1) is 3.79. The molecule has 0 amide bonds. The van der Waals surface area contributed by atoms with Gasteiger partial charge in [-0.1, -0.05) is 25.5 Å². The Balaban J connectivity index is 2.16. The van der Waals surface area contributed by atoms with Gasteiger partial charge in [0.2, 0.25) is 0 Å². The minimum atomic E-state index is 0.926. The van der Waals surface area contributed by atoms with Crippen molar-refractivity contribution in [3.8, 4) is 0 Å². The number of hydrogen-bond acceptors (Lipinski definition) is 0. The van der Waals surface area contributed by atoms with E-state index in [1.165, 1.54) is 6.42 Å². The summed E-state index contributed by atoms with van der Waals surface area (Å²) in [6.45, 7) is 4.70. The van der Waals surface area contributed by atoms with Crippen molar-refractivity contribution in [2.75, 3.05) is 0 Å². The molecule has 3 atom stereocenters. The highest BCUT2D eigenvalue weighted by Gasteiger charge is 2.40. The van der Waals surface area contributed by atoms with Crippen LogP contribution in [-0.2, 0) is 0 Å². The Labute approximate surface area is 50.6 Å². The molecular weight excluding hydrogens is 96.1 g/mol. The first-order valence-corrected chi connectivity index (χ1v) is 3.50. The van der Waals surface area contributed by atoms with E-state index in [1.54, 1.807) is 5.57 Å². The summed E-state index contributed by atoms with van der Waals surface area (Å²) >= 11 is 0. The molecule has 0 nitrogen and oxygen atoms in total. The standard InChI is InChI=1S/C8H12/c1-5-3-6(2)8-4-7(5)8/h4-7H,3H2,1-2H3/t5?,6-,7?/m0/s1. The highest BCUT2D eigenvalue weighted by atomic mass is 14.4. The minimum absolute atomic E-state index is 0.926. The van der Waals surface area contributed by atoms with Crippen LogP contribution in [0.15, 0.2) is 11.6 Å². The van der Waals surface area contributed by atoms with Crippen LogP contribution >= 0.6 is 0 Å². The fourth-order valence-electron chi connectivity index (χ4n) is 1.99. The summed E-state index contributed by atoms with van der Waals surface area (Å²) < 4.78 is 0. The molecular formula is C8H12. The second kappa shape index (κ2) is 1.18. The van der Waals surface area contributed by atoms with Crippen molar-refractivity contribution in [3.63, 3.8) is 0 Å². The number of hydrogen-bond donors (Lipinski definition) is 0. The lowest BCUT2D eigenvalue weighted by atomic mass is 10.0. The van der Waals surface area contributed by atoms with Crippen molar-refractivity contribution in [1.29, 1.82) is 0 Å². The van der Waals surface area contributed by atoms with Crippen LogP contribution < -0.4 is 0 Å². The van der Waals surface area contributed by atoms with Crippen molar-refractivity contribution >= 4 is 0 Å². The van der Waals surface area contributed by atoms with Crippen LogP contribution in [0.2, 0.25) is 0 Å². The van der Waals surface area contributed by atoms with E-state index in [2.05, 4.69) is 19.9 Å². The Kier molecular flexibility index (Phi) is 0.677. The first kappa shape index (κ1) is 4.60. The molecule has 8 heavy (non-hydrogen) atoms. The molecule has 0 N–H and O–H groups in total. The third-order valence-corrected chi connectivity index (χ3v) is 2.56. The van der Waals surface area contributed by atoms with E-state index in [0.29, 0.717) is 0 Å². The van der Waals surface area contributed by atoms with Gasteiger partial charge in [0.15, 0.2) is 0 Å². The summed E-state index contributed by atoms with van der Waals surface area (Å²) in [5.74, 6) is 2.85. The summed E-state index contributed by atoms with van der Waals surface area (Å²) in [6.07, 6.45) is 3.87. The zero-order valence-corrected chi connectivity index (χ0v) is 5.52. The summed E-state index contributed by atoms with van der Waals surface area (Å²) in [5.41, 5.74) is 1.75. The van der Waals surface area contributed by atoms with Crippen LogP contribution in [0.3, 0.4) is 0 Å². The molecule has 0 aliphatic heterocycles. The van der Waals surface area contributed by atoms with Crippen LogP contribution in [-0.4, -0.2) is 0 Å². The van der Waals surface area contributed by atoms with Gasteiger partial charge in [0.05, 0.1) is 0 Å². The summed E-state index contributed by atoms with van der Waals surface area (Å²) in [6, 6.07) is 0. The SMILES string of the molecule is CC1C[C@H](C)C2=CC21. The molecule has 1 fully saturated rings. The van der Waals surface area contributed by atoms with Gasteiger partial charge in [-0.05, 0) is 18.3 Å². The molecule has 0 aromatic heterocycles. The Hall–Kier alpha value is -0.260. The molecule has 0 heteroatoms. The third kappa shape index (κ3) is 0.410. The van der Waals surface area contributed by atoms with Gasteiger partial charge >= 0.3 is 0 Å². The zero-order valence-electron chi connectivity index (χ0n) is 5.52. The number of fused-ring (bicyclic) bond motifs is 1. The van der Waals surface area contributed by atoms with E-state index in [-0.39, 0.29) is 0 Å². The van der Waals surface area contributed by atoms with Gasteiger partial charge < -0.3 is 0 Å². The second-order valence-corrected chi connectivity index (χ2v) is 3.31. The average molecular weight is 108 g/mol. The van der Waals surface area contributed by atoms with Crippen LogP contribution in [0.5, 0.6) is 0 Å². The monoisotopic (exact) mass is 108 g/mol. The van der Waals surface area contributed by atoms with Crippen molar-refractivity contribution in [2.24, 2.45) is 17.8 Å². The molecule has 2 aliphatic rings. The van der Waals surface area contributed by atoms with Crippen molar-refractivity contribution in [3.05, 3.63) is 11.6 Å². The molecule has 2 unspecified atom stereocenters. The quantitative estimate of drug-likeness (QED) is 0.417. The number of allylic oxidation sites excluding steroid dienone is 2. The average Bonchev–Trinajstić information content (AvgIpc) is 2.35. The largest absolute Gasteiger partial charge is 0.0770 e. The maximum atomic E-state index is 2.43. The molecule has 0 bridgehead atoms. The van der Waals surface area contributed by atoms with Crippen LogP contribution in [0.4, 0.5) is 0 Å². The Morgan fingerprint density at radius 3 is 2.38 bits per heavy atom. The Morgan fingerprint density at radius 1 is 1.50 bits per heavy atom. The van der Waals surface area contributed by atoms with Gasteiger partial charge in [-0.3, -0.25) is 0 Å². The molecule has 1 saturated carbocycles. The molecule has 2 rings (SSSR count). The molecule has 0 heterocycles. The maximum Gasteiger partial charge on any atom is 0.000848 e. The van der Waals surface area contributed by atoms with Gasteiger partial charge in [-0.25, -0.2) is 0 Å². The lowest BCUT2D eigenvalue weighted by Crippen LogP contribution is -1.92. The summed E-state index contributed by atoms with van der Waals surface area (Å²) in [5, 5.41) is 0. The number of rotatable bonds is 0. The normalized spacial score (nSPS) is 50.8. The first-order valence-electron chi connectivity index (χ1n) is 3.50. The second-order valence-electron chi connectivity index (χ2n) is 3.31. The van der Waals surface area contributed by atoms with Crippen LogP contribution in [0.25, 0.3) is 0 Å². The smallest absolute Gasteiger partial charge is 0.000848 e. The van der Waals surface area contributed by atoms with E-state index in [0.717, 1.165) is 17.8 Å². The lowest BCUT2D eigenvalue weighted by Gasteiger charge is -2.01. The maximum absolute atomic E-state index is 2.43. The van der Waals surface area contributed by atoms with Crippen molar-refractivity contribution in [1.82, 2.24) is 0 Å². The molecule has 0 aromatic rings. The highest BCUT2D eigenvalue weighted by Crippen LogP contribution is 2.51. The zero-order chi connectivity index (χ0) is 5.72. The fraction of sp³-hybridized carbons (Fsp3) is 0.750. The molecule has 0 aromatic carbocycles. The van der Waals surface area contributed by atoms with E-state index < -0.39 is 0 Å². The van der Waals surface area contributed by atoms with E-state index >= 15 is 0 Å². The Bertz CT molecular complexity index is 144. The van der Waals surface area contributed by atoms with Gasteiger partial charge in [-0.15, -0.1) is 0 Å². The van der Waals surface area contributed by atoms with Gasteiger partial charge in [0.1, 0.15) is 0 Å². The molecule has 2 aliphatic carbocycles.